The zero-order valence-electron chi connectivity index (χ0n) is 21.3. The number of imidazole rings is 2. The van der Waals surface area contributed by atoms with Gasteiger partial charge in [0.1, 0.15) is 17.4 Å². The summed E-state index contributed by atoms with van der Waals surface area (Å²) < 4.78 is 2.73. The maximum Gasteiger partial charge on any atom is 0.261 e. The molecule has 0 amide bonds. The van der Waals surface area contributed by atoms with Gasteiger partial charge in [-0.15, -0.1) is 0 Å². The molecule has 4 heterocycles. The number of anilines is 1. The third-order valence-electron chi connectivity index (χ3n) is 6.67. The average molecular weight is 595 g/mol. The van der Waals surface area contributed by atoms with Crippen LogP contribution in [0.15, 0.2) is 100 Å². The number of aromatic nitrogens is 6. The summed E-state index contributed by atoms with van der Waals surface area (Å²) in [6.45, 7) is 2.15. The molecule has 1 atom stereocenters. The van der Waals surface area contributed by atoms with Crippen LogP contribution in [0, 0.1) is 11.8 Å². The maximum absolute atomic E-state index is 13.0. The SMILES string of the molecule is Cc1cc(-n2ccnc2)cc2[nH]c(-c3c(NCC(N=O)c4cc(Br)cc(-c5cccnc5)c4)cc[nH]c3=O)nc12. The molecule has 10 nitrogen and oxygen atoms in total. The van der Waals surface area contributed by atoms with Gasteiger partial charge in [-0.25, -0.2) is 9.97 Å². The van der Waals surface area contributed by atoms with Crippen molar-refractivity contribution in [3.8, 4) is 28.2 Å². The molecule has 4 aromatic heterocycles. The Morgan fingerprint density at radius 3 is 2.77 bits per heavy atom. The summed E-state index contributed by atoms with van der Waals surface area (Å²) in [5.74, 6) is 0.419. The fourth-order valence-corrected chi connectivity index (χ4v) is 5.25. The van der Waals surface area contributed by atoms with Gasteiger partial charge in [0.25, 0.3) is 5.56 Å². The fourth-order valence-electron chi connectivity index (χ4n) is 4.74. The molecule has 0 aliphatic carbocycles. The summed E-state index contributed by atoms with van der Waals surface area (Å²) in [5.41, 5.74) is 6.57. The molecule has 0 spiro atoms. The number of rotatable bonds is 8. The maximum atomic E-state index is 13.0. The zero-order chi connectivity index (χ0) is 27.6. The second-order valence-electron chi connectivity index (χ2n) is 9.33. The largest absolute Gasteiger partial charge is 0.382 e. The average Bonchev–Trinajstić information content (AvgIpc) is 3.65. The molecular weight excluding hydrogens is 572 g/mol. The van der Waals surface area contributed by atoms with Gasteiger partial charge < -0.3 is 19.9 Å². The van der Waals surface area contributed by atoms with Gasteiger partial charge in [0.15, 0.2) is 0 Å². The van der Waals surface area contributed by atoms with E-state index in [-0.39, 0.29) is 12.1 Å². The molecule has 0 saturated heterocycles. The van der Waals surface area contributed by atoms with Crippen LogP contribution in [0.2, 0.25) is 0 Å². The quantitative estimate of drug-likeness (QED) is 0.181. The van der Waals surface area contributed by atoms with Crippen molar-refractivity contribution in [2.45, 2.75) is 13.0 Å². The van der Waals surface area contributed by atoms with Crippen LogP contribution in [0.1, 0.15) is 17.2 Å². The molecule has 0 fully saturated rings. The summed E-state index contributed by atoms with van der Waals surface area (Å²) in [6, 6.07) is 14.6. The fraction of sp³-hybridized carbons (Fsp3) is 0.103. The lowest BCUT2D eigenvalue weighted by Gasteiger charge is -2.15. The first-order valence-corrected chi connectivity index (χ1v) is 13.3. The second kappa shape index (κ2) is 10.7. The van der Waals surface area contributed by atoms with E-state index in [1.807, 2.05) is 60.2 Å². The Labute approximate surface area is 236 Å². The van der Waals surface area contributed by atoms with Crippen LogP contribution in [0.25, 0.3) is 39.2 Å². The minimum atomic E-state index is -0.712. The molecule has 198 valence electrons. The van der Waals surface area contributed by atoms with E-state index in [0.29, 0.717) is 17.1 Å². The van der Waals surface area contributed by atoms with Gasteiger partial charge in [0, 0.05) is 53.3 Å². The molecule has 0 aliphatic rings. The Hall–Kier alpha value is -4.90. The van der Waals surface area contributed by atoms with Crippen LogP contribution in [0.5, 0.6) is 0 Å². The topological polar surface area (TPSA) is 134 Å². The lowest BCUT2D eigenvalue weighted by molar-refractivity contribution is 0.759. The number of fused-ring (bicyclic) bond motifs is 1. The van der Waals surface area contributed by atoms with Crippen molar-refractivity contribution < 1.29 is 0 Å². The lowest BCUT2D eigenvalue weighted by Crippen LogP contribution is -2.16. The number of nitrogens with one attached hydrogen (secondary N) is 3. The van der Waals surface area contributed by atoms with Gasteiger partial charge >= 0.3 is 0 Å². The van der Waals surface area contributed by atoms with Gasteiger partial charge in [-0.05, 0) is 66.1 Å². The number of hydrogen-bond donors (Lipinski definition) is 3. The first-order valence-electron chi connectivity index (χ1n) is 12.5. The zero-order valence-corrected chi connectivity index (χ0v) is 22.9. The molecule has 0 aliphatic heterocycles. The first kappa shape index (κ1) is 25.4. The molecule has 2 aromatic carbocycles. The highest BCUT2D eigenvalue weighted by atomic mass is 79.9. The standard InChI is InChI=1S/C29H23BrN8O2/c1-17-9-22(38-8-7-32-16-38)13-24-27(17)36-28(35-24)26-23(4-6-33-29(26)39)34-15-25(37-40)20-10-19(11-21(30)12-20)18-3-2-5-31-14-18/h2-14,16,25H,15H2,1H3,(H,35,36)(H2,33,34,39). The van der Waals surface area contributed by atoms with Gasteiger partial charge in [-0.3, -0.25) is 9.78 Å². The van der Waals surface area contributed by atoms with E-state index in [4.69, 9.17) is 4.98 Å². The van der Waals surface area contributed by atoms with Crippen molar-refractivity contribution in [3.05, 3.63) is 117 Å². The predicted octanol–water partition coefficient (Wildman–Crippen LogP) is 6.16. The molecule has 11 heteroatoms. The number of nitroso groups, excluding NO2 is 1. The summed E-state index contributed by atoms with van der Waals surface area (Å²) in [4.78, 5) is 44.1. The van der Waals surface area contributed by atoms with Crippen molar-refractivity contribution in [1.29, 1.82) is 0 Å². The number of nitrogens with zero attached hydrogens (tertiary/aromatic N) is 5. The Bertz CT molecular complexity index is 1880. The van der Waals surface area contributed by atoms with Gasteiger partial charge in [0.2, 0.25) is 0 Å². The summed E-state index contributed by atoms with van der Waals surface area (Å²) in [7, 11) is 0. The number of halogens is 1. The summed E-state index contributed by atoms with van der Waals surface area (Å²) in [6.07, 6.45) is 10.3. The number of aromatic amines is 2. The highest BCUT2D eigenvalue weighted by Gasteiger charge is 2.19. The Morgan fingerprint density at radius 2 is 2.00 bits per heavy atom. The van der Waals surface area contributed by atoms with E-state index in [1.54, 1.807) is 37.2 Å². The molecular formula is C29H23BrN8O2. The molecule has 40 heavy (non-hydrogen) atoms. The molecule has 6 aromatic rings. The monoisotopic (exact) mass is 594 g/mol. The van der Waals surface area contributed by atoms with Crippen LogP contribution in [-0.2, 0) is 0 Å². The van der Waals surface area contributed by atoms with E-state index < -0.39 is 6.04 Å². The van der Waals surface area contributed by atoms with Crippen LogP contribution in [0.3, 0.4) is 0 Å². The molecule has 0 saturated carbocycles. The number of hydrogen-bond acceptors (Lipinski definition) is 7. The number of benzene rings is 2. The normalized spacial score (nSPS) is 11.9. The smallest absolute Gasteiger partial charge is 0.261 e. The third-order valence-corrected chi connectivity index (χ3v) is 7.13. The summed E-state index contributed by atoms with van der Waals surface area (Å²) in [5, 5.41) is 6.65. The van der Waals surface area contributed by atoms with Crippen molar-refractivity contribution in [2.24, 2.45) is 5.18 Å². The van der Waals surface area contributed by atoms with E-state index >= 15 is 0 Å². The number of H-pyrrole nitrogens is 2. The summed E-state index contributed by atoms with van der Waals surface area (Å²) >= 11 is 3.55. The number of pyridine rings is 2. The van der Waals surface area contributed by atoms with E-state index in [9.17, 15) is 9.70 Å². The van der Waals surface area contributed by atoms with Crippen molar-refractivity contribution >= 4 is 32.7 Å². The number of aryl methyl sites for hydroxylation is 1. The molecule has 1 unspecified atom stereocenters. The second-order valence-corrected chi connectivity index (χ2v) is 10.2. The Morgan fingerprint density at radius 1 is 1.10 bits per heavy atom. The minimum Gasteiger partial charge on any atom is -0.382 e. The van der Waals surface area contributed by atoms with E-state index in [2.05, 4.69) is 46.4 Å². The van der Waals surface area contributed by atoms with Crippen molar-refractivity contribution in [2.75, 3.05) is 11.9 Å². The van der Waals surface area contributed by atoms with Crippen molar-refractivity contribution in [3.63, 3.8) is 0 Å². The Balaban J connectivity index is 1.32. The molecule has 6 rings (SSSR count). The van der Waals surface area contributed by atoms with Gasteiger partial charge in [-0.2, -0.15) is 4.91 Å². The highest BCUT2D eigenvalue weighted by molar-refractivity contribution is 9.10. The molecule has 0 radical (unpaired) electrons. The molecule has 3 N–H and O–H groups in total. The van der Waals surface area contributed by atoms with Crippen LogP contribution >= 0.6 is 15.9 Å². The van der Waals surface area contributed by atoms with E-state index in [1.165, 1.54) is 0 Å². The Kier molecular flexibility index (Phi) is 6.79. The van der Waals surface area contributed by atoms with Crippen LogP contribution in [-0.4, -0.2) is 36.0 Å². The van der Waals surface area contributed by atoms with Crippen molar-refractivity contribution in [1.82, 2.24) is 29.5 Å². The third kappa shape index (κ3) is 4.94. The molecule has 0 bridgehead atoms. The first-order chi connectivity index (χ1) is 19.5. The lowest BCUT2D eigenvalue weighted by atomic mass is 10.0. The van der Waals surface area contributed by atoms with Gasteiger partial charge in [0.05, 0.1) is 23.0 Å². The van der Waals surface area contributed by atoms with E-state index in [0.717, 1.165) is 43.4 Å². The van der Waals surface area contributed by atoms with Gasteiger partial charge in [-0.1, -0.05) is 27.2 Å². The van der Waals surface area contributed by atoms with Crippen LogP contribution in [0.4, 0.5) is 5.69 Å². The highest BCUT2D eigenvalue weighted by Crippen LogP contribution is 2.31. The van der Waals surface area contributed by atoms with Crippen LogP contribution < -0.4 is 10.9 Å². The minimum absolute atomic E-state index is 0.174. The predicted molar refractivity (Wildman–Crippen MR) is 158 cm³/mol.